The van der Waals surface area contributed by atoms with Crippen LogP contribution in [0.2, 0.25) is 0 Å². The highest BCUT2D eigenvalue weighted by Gasteiger charge is 2.06. The first-order valence-corrected chi connectivity index (χ1v) is 6.07. The van der Waals surface area contributed by atoms with Gasteiger partial charge in [-0.2, -0.15) is 0 Å². The molecule has 18 heavy (non-hydrogen) atoms. The van der Waals surface area contributed by atoms with E-state index in [0.717, 1.165) is 19.4 Å². The lowest BCUT2D eigenvalue weighted by Crippen LogP contribution is -2.25. The molecule has 1 aromatic rings. The molecule has 0 spiro atoms. The average Bonchev–Trinajstić information content (AvgIpc) is 2.34. The molecule has 0 aliphatic rings. The molecule has 3 N–H and O–H groups in total. The van der Waals surface area contributed by atoms with E-state index in [-0.39, 0.29) is 17.7 Å². The third kappa shape index (κ3) is 5.58. The SMILES string of the molecule is CC(C)OCCCCNC(=O)c1cnc(N)cn1. The Morgan fingerprint density at radius 1 is 1.39 bits per heavy atom. The van der Waals surface area contributed by atoms with Crippen LogP contribution in [0, 0.1) is 0 Å². The van der Waals surface area contributed by atoms with E-state index >= 15 is 0 Å². The Labute approximate surface area is 107 Å². The van der Waals surface area contributed by atoms with Crippen LogP contribution in [0.5, 0.6) is 0 Å². The Morgan fingerprint density at radius 2 is 2.17 bits per heavy atom. The van der Waals surface area contributed by atoms with Gasteiger partial charge in [0.1, 0.15) is 11.5 Å². The van der Waals surface area contributed by atoms with Gasteiger partial charge in [-0.05, 0) is 26.7 Å². The summed E-state index contributed by atoms with van der Waals surface area (Å²) >= 11 is 0. The lowest BCUT2D eigenvalue weighted by Gasteiger charge is -2.07. The van der Waals surface area contributed by atoms with Crippen molar-refractivity contribution < 1.29 is 9.53 Å². The van der Waals surface area contributed by atoms with Gasteiger partial charge in [0.25, 0.3) is 5.91 Å². The molecule has 1 amide bonds. The van der Waals surface area contributed by atoms with Gasteiger partial charge in [0, 0.05) is 13.2 Å². The smallest absolute Gasteiger partial charge is 0.271 e. The summed E-state index contributed by atoms with van der Waals surface area (Å²) in [5, 5.41) is 2.77. The number of nitrogen functional groups attached to an aromatic ring is 1. The summed E-state index contributed by atoms with van der Waals surface area (Å²) in [6.45, 7) is 5.32. The first-order valence-electron chi connectivity index (χ1n) is 6.07. The van der Waals surface area contributed by atoms with Crippen LogP contribution in [0.25, 0.3) is 0 Å². The maximum atomic E-state index is 11.6. The Bertz CT molecular complexity index is 365. The molecule has 0 atom stereocenters. The number of aromatic nitrogens is 2. The molecule has 0 aromatic carbocycles. The van der Waals surface area contributed by atoms with Crippen molar-refractivity contribution in [1.82, 2.24) is 15.3 Å². The van der Waals surface area contributed by atoms with E-state index in [1.807, 2.05) is 13.8 Å². The van der Waals surface area contributed by atoms with Crippen molar-refractivity contribution in [2.45, 2.75) is 32.8 Å². The highest BCUT2D eigenvalue weighted by molar-refractivity contribution is 5.91. The molecule has 0 saturated heterocycles. The number of amides is 1. The summed E-state index contributed by atoms with van der Waals surface area (Å²) in [4.78, 5) is 19.3. The molecule has 100 valence electrons. The van der Waals surface area contributed by atoms with Crippen LogP contribution in [0.3, 0.4) is 0 Å². The average molecular weight is 252 g/mol. The number of carbonyl (C=O) groups is 1. The van der Waals surface area contributed by atoms with Crippen molar-refractivity contribution in [3.05, 3.63) is 18.1 Å². The Hall–Kier alpha value is -1.69. The van der Waals surface area contributed by atoms with Crippen LogP contribution < -0.4 is 11.1 Å². The Kier molecular flexibility index (Phi) is 6.07. The maximum Gasteiger partial charge on any atom is 0.271 e. The first kappa shape index (κ1) is 14.4. The summed E-state index contributed by atoms with van der Waals surface area (Å²) in [5.41, 5.74) is 5.67. The number of carbonyl (C=O) groups excluding carboxylic acids is 1. The number of hydrogen-bond acceptors (Lipinski definition) is 5. The molecule has 1 rings (SSSR count). The monoisotopic (exact) mass is 252 g/mol. The second-order valence-corrected chi connectivity index (χ2v) is 4.21. The third-order valence-electron chi connectivity index (χ3n) is 2.21. The molecule has 0 saturated carbocycles. The summed E-state index contributed by atoms with van der Waals surface area (Å²) in [6, 6.07) is 0. The summed E-state index contributed by atoms with van der Waals surface area (Å²) in [7, 11) is 0. The number of nitrogens with one attached hydrogen (secondary N) is 1. The molecule has 6 heteroatoms. The number of hydrogen-bond donors (Lipinski definition) is 2. The van der Waals surface area contributed by atoms with E-state index in [1.54, 1.807) is 0 Å². The maximum absolute atomic E-state index is 11.6. The fraction of sp³-hybridized carbons (Fsp3) is 0.583. The van der Waals surface area contributed by atoms with Crippen LogP contribution in [0.15, 0.2) is 12.4 Å². The van der Waals surface area contributed by atoms with Crippen molar-refractivity contribution in [3.63, 3.8) is 0 Å². The van der Waals surface area contributed by atoms with Crippen molar-refractivity contribution >= 4 is 11.7 Å². The Balaban J connectivity index is 2.16. The highest BCUT2D eigenvalue weighted by atomic mass is 16.5. The predicted molar refractivity (Wildman–Crippen MR) is 69.1 cm³/mol. The fourth-order valence-corrected chi connectivity index (χ4v) is 1.29. The third-order valence-corrected chi connectivity index (χ3v) is 2.21. The second-order valence-electron chi connectivity index (χ2n) is 4.21. The summed E-state index contributed by atoms with van der Waals surface area (Å²) in [6.07, 6.45) is 4.79. The van der Waals surface area contributed by atoms with Crippen molar-refractivity contribution in [3.8, 4) is 0 Å². The minimum atomic E-state index is -0.229. The molecule has 1 heterocycles. The van der Waals surface area contributed by atoms with Gasteiger partial charge in [-0.25, -0.2) is 9.97 Å². The van der Waals surface area contributed by atoms with E-state index in [2.05, 4.69) is 15.3 Å². The quantitative estimate of drug-likeness (QED) is 0.706. The fourth-order valence-electron chi connectivity index (χ4n) is 1.29. The molecule has 6 nitrogen and oxygen atoms in total. The molecular weight excluding hydrogens is 232 g/mol. The zero-order valence-electron chi connectivity index (χ0n) is 10.8. The van der Waals surface area contributed by atoms with Crippen LogP contribution in [0.4, 0.5) is 5.82 Å². The molecule has 0 unspecified atom stereocenters. The minimum absolute atomic E-state index is 0.229. The normalized spacial score (nSPS) is 10.6. The summed E-state index contributed by atoms with van der Waals surface area (Å²) < 4.78 is 5.40. The van der Waals surface area contributed by atoms with Crippen LogP contribution >= 0.6 is 0 Å². The van der Waals surface area contributed by atoms with Crippen molar-refractivity contribution in [2.75, 3.05) is 18.9 Å². The molecule has 0 bridgehead atoms. The molecule has 0 fully saturated rings. The number of unbranched alkanes of at least 4 members (excludes halogenated alkanes) is 1. The molecular formula is C12H20N4O2. The second kappa shape index (κ2) is 7.60. The van der Waals surface area contributed by atoms with E-state index < -0.39 is 0 Å². The van der Waals surface area contributed by atoms with Crippen molar-refractivity contribution in [2.24, 2.45) is 0 Å². The van der Waals surface area contributed by atoms with E-state index in [1.165, 1.54) is 12.4 Å². The van der Waals surface area contributed by atoms with E-state index in [0.29, 0.717) is 12.4 Å². The van der Waals surface area contributed by atoms with Crippen molar-refractivity contribution in [1.29, 1.82) is 0 Å². The van der Waals surface area contributed by atoms with Crippen LogP contribution in [-0.2, 0) is 4.74 Å². The largest absolute Gasteiger partial charge is 0.382 e. The zero-order chi connectivity index (χ0) is 13.4. The lowest BCUT2D eigenvalue weighted by molar-refractivity contribution is 0.0754. The lowest BCUT2D eigenvalue weighted by atomic mass is 10.3. The molecule has 0 aliphatic heterocycles. The first-order chi connectivity index (χ1) is 8.59. The number of nitrogens with zero attached hydrogens (tertiary/aromatic N) is 2. The van der Waals surface area contributed by atoms with E-state index in [4.69, 9.17) is 10.5 Å². The zero-order valence-corrected chi connectivity index (χ0v) is 10.8. The number of rotatable bonds is 7. The number of ether oxygens (including phenoxy) is 1. The highest BCUT2D eigenvalue weighted by Crippen LogP contribution is 1.97. The summed E-state index contributed by atoms with van der Waals surface area (Å²) in [5.74, 6) is 0.0738. The van der Waals surface area contributed by atoms with Gasteiger partial charge in [0.05, 0.1) is 18.5 Å². The van der Waals surface area contributed by atoms with Gasteiger partial charge in [0.2, 0.25) is 0 Å². The van der Waals surface area contributed by atoms with Crippen LogP contribution in [-0.4, -0.2) is 35.1 Å². The van der Waals surface area contributed by atoms with Gasteiger partial charge >= 0.3 is 0 Å². The topological polar surface area (TPSA) is 90.1 Å². The minimum Gasteiger partial charge on any atom is -0.382 e. The Morgan fingerprint density at radius 3 is 2.78 bits per heavy atom. The van der Waals surface area contributed by atoms with Gasteiger partial charge < -0.3 is 15.8 Å². The van der Waals surface area contributed by atoms with E-state index in [9.17, 15) is 4.79 Å². The van der Waals surface area contributed by atoms with Gasteiger partial charge in [0.15, 0.2) is 0 Å². The molecule has 1 aromatic heterocycles. The van der Waals surface area contributed by atoms with Gasteiger partial charge in [-0.3, -0.25) is 4.79 Å². The van der Waals surface area contributed by atoms with Gasteiger partial charge in [-0.15, -0.1) is 0 Å². The van der Waals surface area contributed by atoms with Crippen LogP contribution in [0.1, 0.15) is 37.2 Å². The number of nitrogens with two attached hydrogens (primary N) is 1. The predicted octanol–water partition coefficient (Wildman–Crippen LogP) is 0.994. The number of anilines is 1. The molecule has 0 radical (unpaired) electrons. The molecule has 0 aliphatic carbocycles. The van der Waals surface area contributed by atoms with Gasteiger partial charge in [-0.1, -0.05) is 0 Å². The standard InChI is InChI=1S/C12H20N4O2/c1-9(2)18-6-4-3-5-14-12(17)10-7-16-11(13)8-15-10/h7-9H,3-6H2,1-2H3,(H2,13,16)(H,14,17).